The molecule has 3 nitrogen and oxygen atoms in total. The fourth-order valence-electron chi connectivity index (χ4n) is 2.12. The van der Waals surface area contributed by atoms with E-state index in [1.54, 1.807) is 0 Å². The van der Waals surface area contributed by atoms with Crippen molar-refractivity contribution < 1.29 is 4.74 Å². The highest BCUT2D eigenvalue weighted by Crippen LogP contribution is 2.32. The second kappa shape index (κ2) is 5.39. The van der Waals surface area contributed by atoms with Crippen molar-refractivity contribution in [2.24, 2.45) is 5.92 Å². The first kappa shape index (κ1) is 12.2. The van der Waals surface area contributed by atoms with Crippen LogP contribution in [0.5, 0.6) is 5.75 Å². The summed E-state index contributed by atoms with van der Waals surface area (Å²) in [6, 6.07) is 4.37. The summed E-state index contributed by atoms with van der Waals surface area (Å²) in [5.74, 6) is 2.53. The largest absolute Gasteiger partial charge is 0.487 e. The summed E-state index contributed by atoms with van der Waals surface area (Å²) in [6.07, 6.45) is 6.03. The summed E-state index contributed by atoms with van der Waals surface area (Å²) in [4.78, 5) is 4.38. The maximum Gasteiger partial charge on any atom is 0.168 e. The molecule has 0 bridgehead atoms. The molecule has 1 saturated carbocycles. The Kier molecular flexibility index (Phi) is 3.87. The van der Waals surface area contributed by atoms with Gasteiger partial charge in [-0.25, -0.2) is 4.98 Å². The average molecular weight is 234 g/mol. The maximum atomic E-state index is 5.75. The molecule has 0 radical (unpaired) electrons. The summed E-state index contributed by atoms with van der Waals surface area (Å²) in [5.41, 5.74) is 0. The molecular weight excluding hydrogens is 212 g/mol. The Morgan fingerprint density at radius 1 is 1.35 bits per heavy atom. The number of hydrogen-bond donors (Lipinski definition) is 1. The summed E-state index contributed by atoms with van der Waals surface area (Å²) in [6.45, 7) is 6.30. The lowest BCUT2D eigenvalue weighted by Crippen LogP contribution is -2.31. The third kappa shape index (κ3) is 3.11. The van der Waals surface area contributed by atoms with Gasteiger partial charge in [0.05, 0.1) is 6.10 Å². The first-order valence-corrected chi connectivity index (χ1v) is 6.55. The van der Waals surface area contributed by atoms with E-state index in [9.17, 15) is 0 Å². The van der Waals surface area contributed by atoms with Crippen LogP contribution in [0.15, 0.2) is 18.3 Å². The van der Waals surface area contributed by atoms with Gasteiger partial charge in [0, 0.05) is 12.2 Å². The van der Waals surface area contributed by atoms with Crippen LogP contribution in [0.4, 0.5) is 5.82 Å². The molecule has 0 aromatic carbocycles. The minimum Gasteiger partial charge on any atom is -0.487 e. The van der Waals surface area contributed by atoms with Crippen LogP contribution in [0.3, 0.4) is 0 Å². The van der Waals surface area contributed by atoms with Gasteiger partial charge in [0.25, 0.3) is 0 Å². The first-order valence-electron chi connectivity index (χ1n) is 6.55. The zero-order valence-corrected chi connectivity index (χ0v) is 10.9. The van der Waals surface area contributed by atoms with Crippen LogP contribution in [0.1, 0.15) is 40.0 Å². The van der Waals surface area contributed by atoms with Crippen LogP contribution in [-0.2, 0) is 0 Å². The van der Waals surface area contributed by atoms with E-state index in [0.29, 0.717) is 6.04 Å². The number of aromatic nitrogens is 1. The Balaban J connectivity index is 2.03. The van der Waals surface area contributed by atoms with Gasteiger partial charge in [-0.1, -0.05) is 6.42 Å². The summed E-state index contributed by atoms with van der Waals surface area (Å²) in [7, 11) is 0. The van der Waals surface area contributed by atoms with Crippen molar-refractivity contribution in [3.63, 3.8) is 0 Å². The molecule has 1 atom stereocenters. The Hall–Kier alpha value is -1.25. The van der Waals surface area contributed by atoms with Crippen molar-refractivity contribution in [3.8, 4) is 5.75 Å². The minimum atomic E-state index is 0.179. The average Bonchev–Trinajstić information content (AvgIpc) is 2.17. The number of rotatable bonds is 5. The maximum absolute atomic E-state index is 5.75. The smallest absolute Gasteiger partial charge is 0.168 e. The van der Waals surface area contributed by atoms with Crippen LogP contribution in [0.25, 0.3) is 0 Å². The molecule has 1 heterocycles. The molecule has 1 aliphatic carbocycles. The lowest BCUT2D eigenvalue weighted by molar-refractivity contribution is 0.241. The monoisotopic (exact) mass is 234 g/mol. The van der Waals surface area contributed by atoms with Crippen LogP contribution in [0.2, 0.25) is 0 Å². The quantitative estimate of drug-likeness (QED) is 0.847. The van der Waals surface area contributed by atoms with E-state index in [-0.39, 0.29) is 6.10 Å². The normalized spacial score (nSPS) is 17.6. The van der Waals surface area contributed by atoms with Crippen molar-refractivity contribution in [3.05, 3.63) is 18.3 Å². The lowest BCUT2D eigenvalue weighted by Gasteiger charge is -2.32. The van der Waals surface area contributed by atoms with Gasteiger partial charge in [-0.3, -0.25) is 0 Å². The SMILES string of the molecule is CC(C)Oc1cccnc1NC(C)C1CCC1. The van der Waals surface area contributed by atoms with Gasteiger partial charge in [-0.05, 0) is 51.7 Å². The number of ether oxygens (including phenoxy) is 1. The van der Waals surface area contributed by atoms with E-state index in [2.05, 4.69) is 17.2 Å². The van der Waals surface area contributed by atoms with E-state index < -0.39 is 0 Å². The summed E-state index contributed by atoms with van der Waals surface area (Å²) < 4.78 is 5.75. The molecule has 2 rings (SSSR count). The summed E-state index contributed by atoms with van der Waals surface area (Å²) >= 11 is 0. The molecule has 1 fully saturated rings. The van der Waals surface area contributed by atoms with E-state index in [0.717, 1.165) is 17.5 Å². The Morgan fingerprint density at radius 3 is 2.71 bits per heavy atom. The number of pyridine rings is 1. The second-order valence-electron chi connectivity index (χ2n) is 5.14. The van der Waals surface area contributed by atoms with Crippen molar-refractivity contribution >= 4 is 5.82 Å². The Labute approximate surface area is 104 Å². The fraction of sp³-hybridized carbons (Fsp3) is 0.643. The highest BCUT2D eigenvalue weighted by molar-refractivity contribution is 5.50. The molecular formula is C14H22N2O. The van der Waals surface area contributed by atoms with Crippen molar-refractivity contribution in [1.29, 1.82) is 0 Å². The van der Waals surface area contributed by atoms with Crippen molar-refractivity contribution in [1.82, 2.24) is 4.98 Å². The number of nitrogens with one attached hydrogen (secondary N) is 1. The van der Waals surface area contributed by atoms with Gasteiger partial charge in [0.15, 0.2) is 11.6 Å². The van der Waals surface area contributed by atoms with Crippen LogP contribution in [0, 0.1) is 5.92 Å². The predicted molar refractivity (Wildman–Crippen MR) is 70.4 cm³/mol. The van der Waals surface area contributed by atoms with E-state index in [1.165, 1.54) is 19.3 Å². The van der Waals surface area contributed by atoms with Crippen LogP contribution >= 0.6 is 0 Å². The van der Waals surface area contributed by atoms with Crippen molar-refractivity contribution in [2.75, 3.05) is 5.32 Å². The second-order valence-corrected chi connectivity index (χ2v) is 5.14. The third-order valence-corrected chi connectivity index (χ3v) is 3.35. The zero-order chi connectivity index (χ0) is 12.3. The fourth-order valence-corrected chi connectivity index (χ4v) is 2.12. The summed E-state index contributed by atoms with van der Waals surface area (Å²) in [5, 5.41) is 3.48. The molecule has 1 N–H and O–H groups in total. The molecule has 0 spiro atoms. The van der Waals surface area contributed by atoms with Gasteiger partial charge in [-0.15, -0.1) is 0 Å². The standard InChI is InChI=1S/C14H22N2O/c1-10(2)17-13-8-5-9-15-14(13)16-11(3)12-6-4-7-12/h5,8-12H,4,6-7H2,1-3H3,(H,15,16). The van der Waals surface area contributed by atoms with Gasteiger partial charge < -0.3 is 10.1 Å². The predicted octanol–water partition coefficient (Wildman–Crippen LogP) is 3.47. The van der Waals surface area contributed by atoms with E-state index >= 15 is 0 Å². The zero-order valence-electron chi connectivity index (χ0n) is 10.9. The number of hydrogen-bond acceptors (Lipinski definition) is 3. The topological polar surface area (TPSA) is 34.1 Å². The molecule has 1 aliphatic rings. The Bertz CT molecular complexity index is 361. The van der Waals surface area contributed by atoms with Gasteiger partial charge in [0.1, 0.15) is 0 Å². The molecule has 94 valence electrons. The van der Waals surface area contributed by atoms with Gasteiger partial charge in [0.2, 0.25) is 0 Å². The van der Waals surface area contributed by atoms with E-state index in [4.69, 9.17) is 4.74 Å². The van der Waals surface area contributed by atoms with Gasteiger partial charge in [-0.2, -0.15) is 0 Å². The highest BCUT2D eigenvalue weighted by Gasteiger charge is 2.24. The highest BCUT2D eigenvalue weighted by atomic mass is 16.5. The minimum absolute atomic E-state index is 0.179. The molecule has 0 amide bonds. The molecule has 0 saturated heterocycles. The van der Waals surface area contributed by atoms with Crippen LogP contribution < -0.4 is 10.1 Å². The van der Waals surface area contributed by atoms with E-state index in [1.807, 2.05) is 32.2 Å². The first-order chi connectivity index (χ1) is 8.16. The van der Waals surface area contributed by atoms with Crippen LogP contribution in [-0.4, -0.2) is 17.1 Å². The van der Waals surface area contributed by atoms with Gasteiger partial charge >= 0.3 is 0 Å². The molecule has 3 heteroatoms. The lowest BCUT2D eigenvalue weighted by atomic mass is 9.80. The molecule has 17 heavy (non-hydrogen) atoms. The third-order valence-electron chi connectivity index (χ3n) is 3.35. The molecule has 1 aromatic rings. The Morgan fingerprint density at radius 2 is 2.12 bits per heavy atom. The molecule has 1 aromatic heterocycles. The number of anilines is 1. The molecule has 0 aliphatic heterocycles. The number of nitrogens with zero attached hydrogens (tertiary/aromatic N) is 1. The molecule has 1 unspecified atom stereocenters. The van der Waals surface area contributed by atoms with Crippen molar-refractivity contribution in [2.45, 2.75) is 52.2 Å².